The molecular weight excluding hydrogens is 1210 g/mol. The third-order valence-electron chi connectivity index (χ3n) is 17.2. The van der Waals surface area contributed by atoms with Gasteiger partial charge in [-0.1, -0.05) is 318 Å². The largest absolute Gasteiger partial charge is 0.472 e. The molecule has 0 aromatic carbocycles. The Balaban J connectivity index is 5.25. The van der Waals surface area contributed by atoms with Gasteiger partial charge in [0.1, 0.15) is 19.3 Å². The zero-order chi connectivity index (χ0) is 68.0. The minimum absolute atomic E-state index is 0.105. The fourth-order valence-electron chi connectivity index (χ4n) is 11.0. The molecule has 0 bridgehead atoms. The SMILES string of the molecule is CCCCCCCCCCCC(=O)OC[C@H](COP(=O)(O)OC[C@H](O)COP(=O)(O)OC[C@@H](COC(=O)CCCCCCCCCCCCCCC(C)C)OC(=O)CCCCCCCCCCCCCCCC(C)C)OC(=O)CCCCCCCCCCC(C)CC. The van der Waals surface area contributed by atoms with Gasteiger partial charge in [0.15, 0.2) is 12.2 Å². The normalized spacial score (nSPS) is 14.4. The summed E-state index contributed by atoms with van der Waals surface area (Å²) in [6.45, 7) is 11.9. The first-order chi connectivity index (χ1) is 44.3. The van der Waals surface area contributed by atoms with Crippen LogP contribution in [0.25, 0.3) is 0 Å². The Morgan fingerprint density at radius 3 is 0.826 bits per heavy atom. The Morgan fingerprint density at radius 1 is 0.315 bits per heavy atom. The number of carbonyl (C=O) groups is 4. The van der Waals surface area contributed by atoms with Gasteiger partial charge in [-0.25, -0.2) is 9.13 Å². The van der Waals surface area contributed by atoms with Gasteiger partial charge in [-0.15, -0.1) is 0 Å². The maximum atomic E-state index is 13.1. The first kappa shape index (κ1) is 90.1. The number of carbonyl (C=O) groups excluding carboxylic acids is 4. The summed E-state index contributed by atoms with van der Waals surface area (Å²) < 4.78 is 68.4. The average Bonchev–Trinajstić information content (AvgIpc) is 3.73. The summed E-state index contributed by atoms with van der Waals surface area (Å²) in [7, 11) is -9.91. The van der Waals surface area contributed by atoms with Gasteiger partial charge in [0.2, 0.25) is 0 Å². The van der Waals surface area contributed by atoms with Crippen LogP contribution in [0.1, 0.15) is 370 Å². The number of aliphatic hydroxyl groups is 1. The first-order valence-electron chi connectivity index (χ1n) is 37.9. The monoisotopic (exact) mass is 1350 g/mol. The number of ether oxygens (including phenoxy) is 4. The number of rotatable bonds is 71. The highest BCUT2D eigenvalue weighted by Gasteiger charge is 2.30. The van der Waals surface area contributed by atoms with Crippen molar-refractivity contribution in [2.24, 2.45) is 17.8 Å². The van der Waals surface area contributed by atoms with Crippen LogP contribution in [0.3, 0.4) is 0 Å². The van der Waals surface area contributed by atoms with Crippen LogP contribution in [-0.4, -0.2) is 96.7 Å². The molecule has 3 N–H and O–H groups in total. The van der Waals surface area contributed by atoms with E-state index in [1.165, 1.54) is 180 Å². The second kappa shape index (κ2) is 63.8. The van der Waals surface area contributed by atoms with E-state index in [0.717, 1.165) is 108 Å². The smallest absolute Gasteiger partial charge is 0.462 e. The lowest BCUT2D eigenvalue weighted by Gasteiger charge is -2.21. The van der Waals surface area contributed by atoms with Gasteiger partial charge in [0, 0.05) is 25.7 Å². The van der Waals surface area contributed by atoms with Gasteiger partial charge >= 0.3 is 39.5 Å². The predicted molar refractivity (Wildman–Crippen MR) is 372 cm³/mol. The summed E-state index contributed by atoms with van der Waals surface area (Å²) in [5, 5.41) is 10.6. The van der Waals surface area contributed by atoms with E-state index in [9.17, 15) is 43.2 Å². The average molecular weight is 1350 g/mol. The number of phosphoric ester groups is 2. The maximum absolute atomic E-state index is 13.1. The molecule has 3 unspecified atom stereocenters. The Morgan fingerprint density at radius 2 is 0.554 bits per heavy atom. The summed E-state index contributed by atoms with van der Waals surface area (Å²) in [5.74, 6) is 0.215. The summed E-state index contributed by atoms with van der Waals surface area (Å²) >= 11 is 0. The summed E-state index contributed by atoms with van der Waals surface area (Å²) in [4.78, 5) is 72.6. The van der Waals surface area contributed by atoms with Crippen LogP contribution in [0.4, 0.5) is 0 Å². The Labute approximate surface area is 562 Å². The maximum Gasteiger partial charge on any atom is 0.472 e. The van der Waals surface area contributed by atoms with Gasteiger partial charge < -0.3 is 33.8 Å². The molecule has 0 fully saturated rings. The third-order valence-corrected chi connectivity index (χ3v) is 19.1. The highest BCUT2D eigenvalue weighted by atomic mass is 31.2. The standard InChI is InChI=1S/C73H142O17P2/c1-8-10-11-12-13-23-33-40-47-54-70(75)83-60-69(90-73(78)57-50-43-36-29-28-32-39-46-53-66(7)9-2)63-88-92(81,82)86-59-67(74)58-85-91(79,80)87-62-68(61-84-71(76)55-48-41-34-26-21-18-17-20-25-31-38-45-52-65(5)6)89-72(77)56-49-42-35-27-22-16-14-15-19-24-30-37-44-51-64(3)4/h64-69,74H,8-63H2,1-7H3,(H,79,80)(H,81,82)/t66?,67-,68-,69-/m1/s1. The molecule has 19 heteroatoms. The fraction of sp³-hybridized carbons (Fsp3) is 0.945. The Bertz CT molecular complexity index is 1800. The van der Waals surface area contributed by atoms with Crippen molar-refractivity contribution in [2.45, 2.75) is 388 Å². The van der Waals surface area contributed by atoms with Gasteiger partial charge in [-0.3, -0.25) is 37.3 Å². The fourth-order valence-corrected chi connectivity index (χ4v) is 12.6. The van der Waals surface area contributed by atoms with Crippen LogP contribution in [0.15, 0.2) is 0 Å². The van der Waals surface area contributed by atoms with Gasteiger partial charge in [0.05, 0.1) is 26.4 Å². The lowest BCUT2D eigenvalue weighted by molar-refractivity contribution is -0.161. The molecule has 0 saturated heterocycles. The van der Waals surface area contributed by atoms with Crippen molar-refractivity contribution >= 4 is 39.5 Å². The van der Waals surface area contributed by atoms with Gasteiger partial charge in [-0.05, 0) is 43.4 Å². The zero-order valence-corrected chi connectivity index (χ0v) is 61.8. The molecule has 0 spiro atoms. The molecule has 0 aromatic rings. The molecular formula is C73H142O17P2. The van der Waals surface area contributed by atoms with Crippen LogP contribution in [-0.2, 0) is 65.4 Å². The number of esters is 4. The zero-order valence-electron chi connectivity index (χ0n) is 60.0. The molecule has 17 nitrogen and oxygen atoms in total. The van der Waals surface area contributed by atoms with E-state index in [1.54, 1.807) is 0 Å². The summed E-state index contributed by atoms with van der Waals surface area (Å²) in [6, 6.07) is 0. The van der Waals surface area contributed by atoms with E-state index in [2.05, 4.69) is 48.5 Å². The van der Waals surface area contributed by atoms with Crippen LogP contribution in [0, 0.1) is 17.8 Å². The molecule has 0 aromatic heterocycles. The van der Waals surface area contributed by atoms with E-state index in [4.69, 9.17) is 37.0 Å². The quantitative estimate of drug-likeness (QED) is 0.0222. The molecule has 0 aliphatic carbocycles. The minimum Gasteiger partial charge on any atom is -0.462 e. The number of hydrogen-bond acceptors (Lipinski definition) is 15. The number of aliphatic hydroxyl groups excluding tert-OH is 1. The van der Waals surface area contributed by atoms with E-state index in [-0.39, 0.29) is 25.7 Å². The molecule has 92 heavy (non-hydrogen) atoms. The van der Waals surface area contributed by atoms with Crippen molar-refractivity contribution < 1.29 is 80.2 Å². The molecule has 0 saturated carbocycles. The molecule has 6 atom stereocenters. The van der Waals surface area contributed by atoms with Crippen LogP contribution >= 0.6 is 15.6 Å². The van der Waals surface area contributed by atoms with Crippen molar-refractivity contribution in [3.8, 4) is 0 Å². The van der Waals surface area contributed by atoms with Gasteiger partial charge in [-0.2, -0.15) is 0 Å². The molecule has 0 radical (unpaired) electrons. The molecule has 0 rings (SSSR count). The van der Waals surface area contributed by atoms with E-state index in [0.29, 0.717) is 25.7 Å². The molecule has 0 aliphatic rings. The van der Waals surface area contributed by atoms with Crippen molar-refractivity contribution in [1.82, 2.24) is 0 Å². The van der Waals surface area contributed by atoms with Crippen LogP contribution in [0.5, 0.6) is 0 Å². The summed E-state index contributed by atoms with van der Waals surface area (Å²) in [5.41, 5.74) is 0. The van der Waals surface area contributed by atoms with Crippen molar-refractivity contribution in [1.29, 1.82) is 0 Å². The lowest BCUT2D eigenvalue weighted by Crippen LogP contribution is -2.30. The summed E-state index contributed by atoms with van der Waals surface area (Å²) in [6.07, 6.45) is 48.5. The third kappa shape index (κ3) is 65.4. The minimum atomic E-state index is -4.96. The molecule has 546 valence electrons. The second-order valence-corrected chi connectivity index (χ2v) is 30.4. The molecule has 0 amide bonds. The lowest BCUT2D eigenvalue weighted by atomic mass is 9.99. The van der Waals surface area contributed by atoms with Crippen LogP contribution in [0.2, 0.25) is 0 Å². The second-order valence-electron chi connectivity index (χ2n) is 27.5. The number of unbranched alkanes of at least 4 members (excludes halogenated alkanes) is 38. The predicted octanol–water partition coefficient (Wildman–Crippen LogP) is 21.0. The number of hydrogen-bond donors (Lipinski definition) is 3. The molecule has 0 aliphatic heterocycles. The number of phosphoric acid groups is 2. The van der Waals surface area contributed by atoms with E-state index in [1.807, 2.05) is 0 Å². The Hall–Kier alpha value is -1.94. The van der Waals surface area contributed by atoms with E-state index >= 15 is 0 Å². The highest BCUT2D eigenvalue weighted by Crippen LogP contribution is 2.45. The van der Waals surface area contributed by atoms with E-state index < -0.39 is 97.5 Å². The molecule has 0 heterocycles. The Kier molecular flexibility index (Phi) is 62.4. The topological polar surface area (TPSA) is 237 Å². The van der Waals surface area contributed by atoms with Crippen molar-refractivity contribution in [3.63, 3.8) is 0 Å². The van der Waals surface area contributed by atoms with Crippen molar-refractivity contribution in [2.75, 3.05) is 39.6 Å². The first-order valence-corrected chi connectivity index (χ1v) is 40.9. The van der Waals surface area contributed by atoms with Gasteiger partial charge in [0.25, 0.3) is 0 Å². The highest BCUT2D eigenvalue weighted by molar-refractivity contribution is 7.47. The van der Waals surface area contributed by atoms with Crippen LogP contribution < -0.4 is 0 Å². The van der Waals surface area contributed by atoms with Crippen molar-refractivity contribution in [3.05, 3.63) is 0 Å².